The van der Waals surface area contributed by atoms with E-state index in [0.717, 1.165) is 6.42 Å². The second-order valence-corrected chi connectivity index (χ2v) is 4.15. The van der Waals surface area contributed by atoms with Crippen LogP contribution in [0, 0.1) is 0 Å². The van der Waals surface area contributed by atoms with Gasteiger partial charge in [0.15, 0.2) is 0 Å². The van der Waals surface area contributed by atoms with E-state index in [-0.39, 0.29) is 0 Å². The zero-order valence-electron chi connectivity index (χ0n) is 9.55. The normalized spacial score (nSPS) is 20.0. The minimum absolute atomic E-state index is 0.390. The van der Waals surface area contributed by atoms with Crippen molar-refractivity contribution in [2.75, 3.05) is 6.54 Å². The molecule has 1 aliphatic rings. The number of ether oxygens (including phenoxy) is 1. The average Bonchev–Trinajstić information content (AvgIpc) is 2.60. The topological polar surface area (TPSA) is 46.3 Å². The highest BCUT2D eigenvalue weighted by molar-refractivity contribution is 5.75. The first-order valence-corrected chi connectivity index (χ1v) is 5.36. The zero-order chi connectivity index (χ0) is 11.4. The molecule has 2 rings (SSSR count). The fourth-order valence-electron chi connectivity index (χ4n) is 1.42. The molecule has 84 valence electrons. The van der Waals surface area contributed by atoms with Gasteiger partial charge >= 0.3 is 6.02 Å². The van der Waals surface area contributed by atoms with Gasteiger partial charge in [-0.3, -0.25) is 0 Å². The molecule has 4 heteroatoms. The van der Waals surface area contributed by atoms with Crippen LogP contribution >= 0.6 is 0 Å². The fraction of sp³-hybridized carbons (Fsp3) is 0.417. The lowest BCUT2D eigenvalue weighted by Crippen LogP contribution is -2.18. The molecule has 1 aliphatic heterocycles. The van der Waals surface area contributed by atoms with Crippen LogP contribution in [0.4, 0.5) is 0 Å². The molecule has 1 aromatic rings. The summed E-state index contributed by atoms with van der Waals surface area (Å²) in [5.41, 5.74) is 0.715. The third kappa shape index (κ3) is 2.89. The molecule has 0 bridgehead atoms. The van der Waals surface area contributed by atoms with Crippen LogP contribution in [0.15, 0.2) is 45.6 Å². The quantitative estimate of drug-likeness (QED) is 0.767. The van der Waals surface area contributed by atoms with Crippen molar-refractivity contribution in [3.05, 3.63) is 35.9 Å². The Kier molecular flexibility index (Phi) is 2.99. The Morgan fingerprint density at radius 1 is 1.25 bits per heavy atom. The van der Waals surface area contributed by atoms with Gasteiger partial charge in [-0.2, -0.15) is 0 Å². The van der Waals surface area contributed by atoms with Crippen LogP contribution in [0.2, 0.25) is 0 Å². The molecule has 1 heterocycles. The Labute approximate surface area is 95.1 Å². The fourth-order valence-corrected chi connectivity index (χ4v) is 1.42. The van der Waals surface area contributed by atoms with E-state index in [1.54, 1.807) is 0 Å². The molecule has 16 heavy (non-hydrogen) atoms. The van der Waals surface area contributed by atoms with E-state index in [1.165, 1.54) is 5.56 Å². The molecular formula is C12H15N3O. The maximum atomic E-state index is 5.40. The van der Waals surface area contributed by atoms with Crippen LogP contribution in [0.1, 0.15) is 19.4 Å². The monoisotopic (exact) mass is 217 g/mol. The van der Waals surface area contributed by atoms with Crippen molar-refractivity contribution < 1.29 is 4.74 Å². The van der Waals surface area contributed by atoms with E-state index in [9.17, 15) is 0 Å². The molecule has 1 aromatic carbocycles. The van der Waals surface area contributed by atoms with Gasteiger partial charge in [0.1, 0.15) is 0 Å². The van der Waals surface area contributed by atoms with Crippen LogP contribution in [-0.4, -0.2) is 18.3 Å². The number of azo groups is 1. The molecule has 0 saturated heterocycles. The molecule has 0 radical (unpaired) electrons. The summed E-state index contributed by atoms with van der Waals surface area (Å²) < 4.78 is 5.40. The zero-order valence-corrected chi connectivity index (χ0v) is 9.55. The molecule has 0 spiro atoms. The smallest absolute Gasteiger partial charge is 0.332 e. The first-order chi connectivity index (χ1) is 7.66. The minimum atomic E-state index is -0.550. The molecule has 0 saturated carbocycles. The standard InChI is InChI=1S/C12H15N3O/c1-12(2)15-14-11(16-12)13-9-8-10-6-4-3-5-7-10/h3-7H,8-9H2,1-2H3. The molecule has 0 fully saturated rings. The summed E-state index contributed by atoms with van der Waals surface area (Å²) in [7, 11) is 0. The van der Waals surface area contributed by atoms with Gasteiger partial charge in [0, 0.05) is 6.54 Å². The molecule has 0 amide bonds. The molecule has 4 nitrogen and oxygen atoms in total. The molecular weight excluding hydrogens is 202 g/mol. The lowest BCUT2D eigenvalue weighted by molar-refractivity contribution is 0.122. The van der Waals surface area contributed by atoms with Crippen molar-refractivity contribution in [1.29, 1.82) is 0 Å². The van der Waals surface area contributed by atoms with Crippen LogP contribution in [0.5, 0.6) is 0 Å². The van der Waals surface area contributed by atoms with Gasteiger partial charge in [0.25, 0.3) is 0 Å². The van der Waals surface area contributed by atoms with Crippen molar-refractivity contribution in [2.45, 2.75) is 26.0 Å². The molecule has 0 N–H and O–H groups in total. The van der Waals surface area contributed by atoms with Crippen molar-refractivity contribution in [1.82, 2.24) is 0 Å². The summed E-state index contributed by atoms with van der Waals surface area (Å²) in [4.78, 5) is 4.25. The van der Waals surface area contributed by atoms with E-state index in [2.05, 4.69) is 27.4 Å². The minimum Gasteiger partial charge on any atom is -0.433 e. The Balaban J connectivity index is 1.85. The van der Waals surface area contributed by atoms with Gasteiger partial charge in [-0.15, -0.1) is 5.11 Å². The predicted molar refractivity (Wildman–Crippen MR) is 62.5 cm³/mol. The number of hydrogen-bond acceptors (Lipinski definition) is 3. The highest BCUT2D eigenvalue weighted by atomic mass is 16.5. The number of amidine groups is 1. The van der Waals surface area contributed by atoms with Crippen LogP contribution in [-0.2, 0) is 11.2 Å². The largest absolute Gasteiger partial charge is 0.433 e. The maximum absolute atomic E-state index is 5.40. The van der Waals surface area contributed by atoms with Gasteiger partial charge in [-0.05, 0) is 25.8 Å². The third-order valence-corrected chi connectivity index (χ3v) is 2.21. The van der Waals surface area contributed by atoms with E-state index in [1.807, 2.05) is 32.0 Å². The molecule has 0 aliphatic carbocycles. The summed E-state index contributed by atoms with van der Waals surface area (Å²) >= 11 is 0. The predicted octanol–water partition coefficient (Wildman–Crippen LogP) is 2.80. The summed E-state index contributed by atoms with van der Waals surface area (Å²) in [6.07, 6.45) is 0.893. The Bertz CT molecular complexity index is 410. The number of hydrogen-bond donors (Lipinski definition) is 0. The summed E-state index contributed by atoms with van der Waals surface area (Å²) in [5.74, 6) is 0. The number of nitrogens with zero attached hydrogens (tertiary/aromatic N) is 3. The van der Waals surface area contributed by atoms with Crippen molar-refractivity contribution in [2.24, 2.45) is 15.2 Å². The summed E-state index contributed by atoms with van der Waals surface area (Å²) in [5, 5.41) is 7.82. The number of rotatable bonds is 3. The highest BCUT2D eigenvalue weighted by Crippen LogP contribution is 2.19. The summed E-state index contributed by atoms with van der Waals surface area (Å²) in [6, 6.07) is 10.6. The van der Waals surface area contributed by atoms with E-state index in [4.69, 9.17) is 4.74 Å². The lowest BCUT2D eigenvalue weighted by atomic mass is 10.2. The van der Waals surface area contributed by atoms with Crippen LogP contribution in [0.25, 0.3) is 0 Å². The van der Waals surface area contributed by atoms with E-state index < -0.39 is 5.72 Å². The van der Waals surface area contributed by atoms with Crippen LogP contribution < -0.4 is 0 Å². The van der Waals surface area contributed by atoms with Gasteiger partial charge in [0.2, 0.25) is 5.72 Å². The molecule has 0 aromatic heterocycles. The average molecular weight is 217 g/mol. The second kappa shape index (κ2) is 4.43. The number of aliphatic imine (C=N–C) groups is 1. The maximum Gasteiger partial charge on any atom is 0.332 e. The Morgan fingerprint density at radius 3 is 2.62 bits per heavy atom. The summed E-state index contributed by atoms with van der Waals surface area (Å²) in [6.45, 7) is 4.39. The lowest BCUT2D eigenvalue weighted by Gasteiger charge is -2.10. The molecule has 0 atom stereocenters. The van der Waals surface area contributed by atoms with E-state index in [0.29, 0.717) is 12.6 Å². The first kappa shape index (κ1) is 10.8. The molecule has 0 unspecified atom stereocenters. The number of benzene rings is 1. The second-order valence-electron chi connectivity index (χ2n) is 4.15. The van der Waals surface area contributed by atoms with Crippen molar-refractivity contribution in [3.8, 4) is 0 Å². The highest BCUT2D eigenvalue weighted by Gasteiger charge is 2.26. The van der Waals surface area contributed by atoms with Crippen molar-refractivity contribution >= 4 is 6.02 Å². The SMILES string of the molecule is CC1(C)N=NC(=NCCc2ccccc2)O1. The Morgan fingerprint density at radius 2 is 2.00 bits per heavy atom. The van der Waals surface area contributed by atoms with Gasteiger partial charge in [-0.25, -0.2) is 4.99 Å². The van der Waals surface area contributed by atoms with E-state index >= 15 is 0 Å². The van der Waals surface area contributed by atoms with Gasteiger partial charge in [-0.1, -0.05) is 35.4 Å². The van der Waals surface area contributed by atoms with Crippen molar-refractivity contribution in [3.63, 3.8) is 0 Å². The van der Waals surface area contributed by atoms with Crippen LogP contribution in [0.3, 0.4) is 0 Å². The van der Waals surface area contributed by atoms with Gasteiger partial charge < -0.3 is 4.74 Å². The van der Waals surface area contributed by atoms with Gasteiger partial charge in [0.05, 0.1) is 0 Å². The first-order valence-electron chi connectivity index (χ1n) is 5.36. The Hall–Kier alpha value is -1.71. The third-order valence-electron chi connectivity index (χ3n) is 2.21.